The van der Waals surface area contributed by atoms with Gasteiger partial charge in [0, 0.05) is 11.8 Å². The van der Waals surface area contributed by atoms with Gasteiger partial charge in [0.05, 0.1) is 6.61 Å². The average molecular weight is 218 g/mol. The zero-order valence-electron chi connectivity index (χ0n) is 8.67. The molecule has 6 heteroatoms. The van der Waals surface area contributed by atoms with Gasteiger partial charge in [-0.2, -0.15) is 10.3 Å². The third-order valence-corrected chi connectivity index (χ3v) is 1.71. The lowest BCUT2D eigenvalue weighted by atomic mass is 10.2. The minimum atomic E-state index is -0.533. The number of aliphatic imine (C=N–C) groups is 1. The normalized spacial score (nSPS) is 10.6. The highest BCUT2D eigenvalue weighted by atomic mass is 16.5. The molecule has 1 aromatic rings. The molecule has 2 N–H and O–H groups in total. The van der Waals surface area contributed by atoms with Gasteiger partial charge in [-0.1, -0.05) is 0 Å². The number of esters is 1. The molecule has 1 heterocycles. The van der Waals surface area contributed by atoms with Crippen LogP contribution in [0.5, 0.6) is 0 Å². The molecule has 82 valence electrons. The molecule has 16 heavy (non-hydrogen) atoms. The lowest BCUT2D eigenvalue weighted by Crippen LogP contribution is -2.15. The molecule has 0 aliphatic carbocycles. The zero-order chi connectivity index (χ0) is 12.0. The van der Waals surface area contributed by atoms with Crippen LogP contribution in [0.25, 0.3) is 0 Å². The van der Waals surface area contributed by atoms with Crippen molar-refractivity contribution in [2.24, 2.45) is 10.7 Å². The van der Waals surface area contributed by atoms with E-state index in [1.165, 1.54) is 12.3 Å². The summed E-state index contributed by atoms with van der Waals surface area (Å²) in [6.45, 7) is 1.97. The monoisotopic (exact) mass is 218 g/mol. The predicted octanol–water partition coefficient (Wildman–Crippen LogP) is 0.445. The van der Waals surface area contributed by atoms with Gasteiger partial charge >= 0.3 is 5.97 Å². The number of ether oxygens (including phenoxy) is 1. The molecular formula is C10H10N4O2. The van der Waals surface area contributed by atoms with Gasteiger partial charge in [-0.15, -0.1) is 0 Å². The van der Waals surface area contributed by atoms with E-state index in [0.29, 0.717) is 5.56 Å². The van der Waals surface area contributed by atoms with E-state index in [2.05, 4.69) is 9.98 Å². The maximum Gasteiger partial charge on any atom is 0.356 e. The van der Waals surface area contributed by atoms with Crippen molar-refractivity contribution in [3.63, 3.8) is 0 Å². The van der Waals surface area contributed by atoms with E-state index in [-0.39, 0.29) is 18.1 Å². The molecule has 0 radical (unpaired) electrons. The molecule has 1 rings (SSSR count). The summed E-state index contributed by atoms with van der Waals surface area (Å²) in [6.07, 6.45) is 2.97. The SMILES string of the molecule is CCOC(=O)c1cc(C(N)=NC#N)ccn1. The predicted molar refractivity (Wildman–Crippen MR) is 56.5 cm³/mol. The van der Waals surface area contributed by atoms with E-state index in [0.717, 1.165) is 0 Å². The molecular weight excluding hydrogens is 208 g/mol. The highest BCUT2D eigenvalue weighted by Crippen LogP contribution is 2.03. The number of carbonyl (C=O) groups is 1. The van der Waals surface area contributed by atoms with Crippen LogP contribution < -0.4 is 5.73 Å². The van der Waals surface area contributed by atoms with Gasteiger partial charge in [0.2, 0.25) is 6.19 Å². The van der Waals surface area contributed by atoms with Crippen molar-refractivity contribution in [2.45, 2.75) is 6.92 Å². The fourth-order valence-electron chi connectivity index (χ4n) is 1.02. The van der Waals surface area contributed by atoms with Crippen molar-refractivity contribution in [3.8, 4) is 6.19 Å². The number of nitrogens with two attached hydrogens (primary N) is 1. The Hall–Kier alpha value is -2.42. The van der Waals surface area contributed by atoms with E-state index in [4.69, 9.17) is 15.7 Å². The van der Waals surface area contributed by atoms with Crippen molar-refractivity contribution in [3.05, 3.63) is 29.6 Å². The molecule has 0 amide bonds. The lowest BCUT2D eigenvalue weighted by Gasteiger charge is -2.02. The number of nitrogens with zero attached hydrogens (tertiary/aromatic N) is 3. The minimum absolute atomic E-state index is 0.0375. The highest BCUT2D eigenvalue weighted by Gasteiger charge is 2.09. The highest BCUT2D eigenvalue weighted by molar-refractivity contribution is 5.99. The first kappa shape index (κ1) is 11.7. The number of hydrogen-bond donors (Lipinski definition) is 1. The maximum atomic E-state index is 11.3. The first-order chi connectivity index (χ1) is 7.69. The van der Waals surface area contributed by atoms with Crippen molar-refractivity contribution in [1.29, 1.82) is 5.26 Å². The van der Waals surface area contributed by atoms with Gasteiger partial charge in [0.1, 0.15) is 11.5 Å². The Bertz CT molecular complexity index is 462. The Morgan fingerprint density at radius 2 is 2.50 bits per heavy atom. The molecule has 0 fully saturated rings. The second kappa shape index (κ2) is 5.46. The molecule has 0 atom stereocenters. The van der Waals surface area contributed by atoms with E-state index in [1.807, 2.05) is 0 Å². The molecule has 1 aromatic heterocycles. The lowest BCUT2D eigenvalue weighted by molar-refractivity contribution is 0.0519. The Labute approximate surface area is 92.4 Å². The number of amidine groups is 1. The Morgan fingerprint density at radius 3 is 3.12 bits per heavy atom. The van der Waals surface area contributed by atoms with Crippen molar-refractivity contribution >= 4 is 11.8 Å². The van der Waals surface area contributed by atoms with Crippen LogP contribution in [-0.2, 0) is 4.74 Å². The summed E-state index contributed by atoms with van der Waals surface area (Å²) in [5.74, 6) is -0.496. The van der Waals surface area contributed by atoms with Gasteiger partial charge in [0.25, 0.3) is 0 Å². The van der Waals surface area contributed by atoms with Crippen molar-refractivity contribution in [2.75, 3.05) is 6.61 Å². The fourth-order valence-corrected chi connectivity index (χ4v) is 1.02. The molecule has 0 bridgehead atoms. The van der Waals surface area contributed by atoms with Crippen LogP contribution in [0, 0.1) is 11.5 Å². The molecule has 0 aliphatic heterocycles. The van der Waals surface area contributed by atoms with Gasteiger partial charge in [-0.05, 0) is 19.1 Å². The van der Waals surface area contributed by atoms with Crippen LogP contribution in [-0.4, -0.2) is 23.4 Å². The van der Waals surface area contributed by atoms with Crippen molar-refractivity contribution < 1.29 is 9.53 Å². The maximum absolute atomic E-state index is 11.3. The first-order valence-corrected chi connectivity index (χ1v) is 4.54. The molecule has 0 spiro atoms. The summed E-state index contributed by atoms with van der Waals surface area (Å²) in [5.41, 5.74) is 6.09. The molecule has 6 nitrogen and oxygen atoms in total. The third kappa shape index (κ3) is 2.78. The number of rotatable bonds is 3. The molecule has 0 unspecified atom stereocenters. The van der Waals surface area contributed by atoms with Crippen LogP contribution in [0.4, 0.5) is 0 Å². The van der Waals surface area contributed by atoms with E-state index < -0.39 is 5.97 Å². The van der Waals surface area contributed by atoms with Crippen LogP contribution in [0.1, 0.15) is 23.0 Å². The second-order valence-corrected chi connectivity index (χ2v) is 2.75. The Balaban J connectivity index is 3.01. The van der Waals surface area contributed by atoms with Gasteiger partial charge in [-0.3, -0.25) is 0 Å². The van der Waals surface area contributed by atoms with Gasteiger partial charge < -0.3 is 10.5 Å². The van der Waals surface area contributed by atoms with Gasteiger partial charge in [-0.25, -0.2) is 9.78 Å². The number of hydrogen-bond acceptors (Lipinski definition) is 5. The minimum Gasteiger partial charge on any atom is -0.461 e. The third-order valence-electron chi connectivity index (χ3n) is 1.71. The molecule has 0 saturated heterocycles. The smallest absolute Gasteiger partial charge is 0.356 e. The summed E-state index contributed by atoms with van der Waals surface area (Å²) in [5, 5.41) is 8.34. The molecule has 0 aliphatic rings. The van der Waals surface area contributed by atoms with Crippen LogP contribution in [0.15, 0.2) is 23.3 Å². The zero-order valence-corrected chi connectivity index (χ0v) is 8.67. The van der Waals surface area contributed by atoms with E-state index >= 15 is 0 Å². The van der Waals surface area contributed by atoms with E-state index in [1.54, 1.807) is 19.2 Å². The van der Waals surface area contributed by atoms with Crippen LogP contribution in [0.2, 0.25) is 0 Å². The molecule has 0 aromatic carbocycles. The van der Waals surface area contributed by atoms with Crippen molar-refractivity contribution in [1.82, 2.24) is 4.98 Å². The topological polar surface area (TPSA) is 101 Å². The van der Waals surface area contributed by atoms with Crippen LogP contribution >= 0.6 is 0 Å². The average Bonchev–Trinajstić information content (AvgIpc) is 2.30. The first-order valence-electron chi connectivity index (χ1n) is 4.54. The Kier molecular flexibility index (Phi) is 3.98. The quantitative estimate of drug-likeness (QED) is 0.343. The summed E-state index contributed by atoms with van der Waals surface area (Å²) in [7, 11) is 0. The summed E-state index contributed by atoms with van der Waals surface area (Å²) >= 11 is 0. The van der Waals surface area contributed by atoms with Crippen LogP contribution in [0.3, 0.4) is 0 Å². The second-order valence-electron chi connectivity index (χ2n) is 2.75. The molecule has 0 saturated carbocycles. The van der Waals surface area contributed by atoms with E-state index in [9.17, 15) is 4.79 Å². The number of pyridine rings is 1. The number of carbonyl (C=O) groups excluding carboxylic acids is 1. The van der Waals surface area contributed by atoms with Gasteiger partial charge in [0.15, 0.2) is 0 Å². The number of nitriles is 1. The number of aromatic nitrogens is 1. The summed E-state index contributed by atoms with van der Waals surface area (Å²) < 4.78 is 4.78. The Morgan fingerprint density at radius 1 is 1.75 bits per heavy atom. The summed E-state index contributed by atoms with van der Waals surface area (Å²) in [4.78, 5) is 18.5. The standard InChI is InChI=1S/C10H10N4O2/c1-2-16-10(15)8-5-7(3-4-13-8)9(12)14-6-11/h3-5H,2H2,1H3,(H2,12,14). The summed E-state index contributed by atoms with van der Waals surface area (Å²) in [6, 6.07) is 2.98. The fraction of sp³-hybridized carbons (Fsp3) is 0.200. The largest absolute Gasteiger partial charge is 0.461 e.